The summed E-state index contributed by atoms with van der Waals surface area (Å²) < 4.78 is 10.9. The highest BCUT2D eigenvalue weighted by atomic mass is 35.5. The molecule has 0 fully saturated rings. The van der Waals surface area contributed by atoms with Crippen LogP contribution in [-0.4, -0.2) is 31.4 Å². The Morgan fingerprint density at radius 2 is 1.96 bits per heavy atom. The van der Waals surface area contributed by atoms with E-state index in [2.05, 4.69) is 25.3 Å². The predicted molar refractivity (Wildman–Crippen MR) is 98.4 cm³/mol. The van der Waals surface area contributed by atoms with E-state index in [4.69, 9.17) is 32.5 Å². The fraction of sp³-hybridized carbons (Fsp3) is 0.176. The number of benzene rings is 1. The Balaban J connectivity index is 1.69. The number of fused-ring (bicyclic) bond motifs is 1. The molecule has 4 rings (SSSR count). The summed E-state index contributed by atoms with van der Waals surface area (Å²) in [6.45, 7) is 3.80. The van der Waals surface area contributed by atoms with Crippen LogP contribution in [0.25, 0.3) is 33.7 Å². The predicted octanol–water partition coefficient (Wildman–Crippen LogP) is 4.77. The summed E-state index contributed by atoms with van der Waals surface area (Å²) in [5.41, 5.74) is 2.07. The number of aromatic amines is 1. The number of halogens is 2. The van der Waals surface area contributed by atoms with Crippen LogP contribution in [0.2, 0.25) is 10.0 Å². The van der Waals surface area contributed by atoms with Crippen molar-refractivity contribution in [2.45, 2.75) is 20.0 Å². The van der Waals surface area contributed by atoms with Crippen LogP contribution in [0, 0.1) is 0 Å². The fourth-order valence-electron chi connectivity index (χ4n) is 2.44. The number of H-pyrrole nitrogens is 1. The molecule has 0 atom stereocenters. The van der Waals surface area contributed by atoms with Crippen molar-refractivity contribution in [3.05, 3.63) is 40.6 Å². The lowest BCUT2D eigenvalue weighted by molar-refractivity contribution is 0.233. The van der Waals surface area contributed by atoms with Gasteiger partial charge in [-0.1, -0.05) is 28.4 Å². The molecule has 0 radical (unpaired) electrons. The Labute approximate surface area is 158 Å². The molecule has 0 spiro atoms. The zero-order valence-corrected chi connectivity index (χ0v) is 15.3. The quantitative estimate of drug-likeness (QED) is 0.540. The van der Waals surface area contributed by atoms with Crippen LogP contribution in [-0.2, 0) is 0 Å². The van der Waals surface area contributed by atoms with Gasteiger partial charge in [-0.2, -0.15) is 10.1 Å². The lowest BCUT2D eigenvalue weighted by Crippen LogP contribution is -2.07. The maximum Gasteiger partial charge on any atom is 0.259 e. The van der Waals surface area contributed by atoms with Crippen LogP contribution >= 0.6 is 23.2 Å². The fourth-order valence-corrected chi connectivity index (χ4v) is 2.90. The summed E-state index contributed by atoms with van der Waals surface area (Å²) in [4.78, 5) is 8.61. The third-order valence-corrected chi connectivity index (χ3v) is 4.18. The van der Waals surface area contributed by atoms with Crippen LogP contribution in [0.4, 0.5) is 0 Å². The zero-order valence-electron chi connectivity index (χ0n) is 13.8. The van der Waals surface area contributed by atoms with Gasteiger partial charge in [-0.15, -0.1) is 0 Å². The van der Waals surface area contributed by atoms with E-state index in [9.17, 15) is 0 Å². The monoisotopic (exact) mass is 389 g/mol. The summed E-state index contributed by atoms with van der Waals surface area (Å²) in [7, 11) is 0. The second kappa shape index (κ2) is 6.59. The van der Waals surface area contributed by atoms with Gasteiger partial charge in [-0.05, 0) is 32.0 Å². The van der Waals surface area contributed by atoms with Crippen LogP contribution in [0.1, 0.15) is 13.8 Å². The Morgan fingerprint density at radius 1 is 1.12 bits per heavy atom. The van der Waals surface area contributed by atoms with Crippen LogP contribution in [0.15, 0.2) is 35.1 Å². The van der Waals surface area contributed by atoms with Gasteiger partial charge in [0.1, 0.15) is 5.02 Å². The summed E-state index contributed by atoms with van der Waals surface area (Å²) in [5, 5.41) is 12.6. The first-order valence-corrected chi connectivity index (χ1v) is 8.56. The minimum atomic E-state index is -0.0270. The molecule has 0 saturated heterocycles. The SMILES string of the molecule is CC(C)Oc1ncc(-c2nc(-c3cc4cn[nH]c4cc3Cl)no2)cc1Cl. The summed E-state index contributed by atoms with van der Waals surface area (Å²) in [6.07, 6.45) is 3.25. The minimum Gasteiger partial charge on any atom is -0.474 e. The normalized spacial score (nSPS) is 11.4. The van der Waals surface area contributed by atoms with Gasteiger partial charge in [0.25, 0.3) is 5.89 Å². The van der Waals surface area contributed by atoms with E-state index in [1.165, 1.54) is 0 Å². The molecule has 7 nitrogen and oxygen atoms in total. The summed E-state index contributed by atoms with van der Waals surface area (Å²) in [6, 6.07) is 5.29. The highest BCUT2D eigenvalue weighted by molar-refractivity contribution is 6.34. The van der Waals surface area contributed by atoms with E-state index in [1.54, 1.807) is 24.5 Å². The van der Waals surface area contributed by atoms with Crippen molar-refractivity contribution >= 4 is 34.1 Å². The molecule has 9 heteroatoms. The maximum atomic E-state index is 6.32. The van der Waals surface area contributed by atoms with Crippen molar-refractivity contribution in [3.63, 3.8) is 0 Å². The molecular formula is C17H13Cl2N5O2. The minimum absolute atomic E-state index is 0.0270. The third kappa shape index (κ3) is 3.11. The molecule has 0 unspecified atom stereocenters. The van der Waals surface area contributed by atoms with E-state index in [0.29, 0.717) is 32.9 Å². The first kappa shape index (κ1) is 16.8. The van der Waals surface area contributed by atoms with Gasteiger partial charge in [0, 0.05) is 17.1 Å². The Morgan fingerprint density at radius 3 is 2.73 bits per heavy atom. The number of aromatic nitrogens is 5. The van der Waals surface area contributed by atoms with E-state index >= 15 is 0 Å². The second-order valence-electron chi connectivity index (χ2n) is 5.89. The van der Waals surface area contributed by atoms with Crippen LogP contribution in [0.3, 0.4) is 0 Å². The molecule has 3 aromatic heterocycles. The Kier molecular flexibility index (Phi) is 4.26. The Hall–Kier alpha value is -2.64. The molecule has 4 aromatic rings. The van der Waals surface area contributed by atoms with Gasteiger partial charge in [0.05, 0.1) is 28.4 Å². The molecule has 26 heavy (non-hydrogen) atoms. The molecular weight excluding hydrogens is 377 g/mol. The van der Waals surface area contributed by atoms with Crippen LogP contribution in [0.5, 0.6) is 5.88 Å². The molecule has 0 bridgehead atoms. The maximum absolute atomic E-state index is 6.32. The summed E-state index contributed by atoms with van der Waals surface area (Å²) in [5.74, 6) is 1.01. The first-order valence-electron chi connectivity index (χ1n) is 7.80. The van der Waals surface area contributed by atoms with Gasteiger partial charge in [-0.3, -0.25) is 5.10 Å². The number of ether oxygens (including phenoxy) is 1. The number of hydrogen-bond acceptors (Lipinski definition) is 6. The van der Waals surface area contributed by atoms with Crippen molar-refractivity contribution in [1.82, 2.24) is 25.3 Å². The molecule has 0 aliphatic carbocycles. The highest BCUT2D eigenvalue weighted by Gasteiger charge is 2.16. The number of hydrogen-bond donors (Lipinski definition) is 1. The zero-order chi connectivity index (χ0) is 18.3. The third-order valence-electron chi connectivity index (χ3n) is 3.60. The standard InChI is InChI=1S/C17H13Cl2N5O2/c1-8(2)25-17-13(19)4-10(6-20-17)16-22-15(24-26-16)11-3-9-7-21-23-14(9)5-12(11)18/h3-8H,1-2H3,(H,21,23). The second-order valence-corrected chi connectivity index (χ2v) is 6.70. The molecule has 0 amide bonds. The highest BCUT2D eigenvalue weighted by Crippen LogP contribution is 2.32. The molecule has 1 N–H and O–H groups in total. The van der Waals surface area contributed by atoms with Gasteiger partial charge < -0.3 is 9.26 Å². The van der Waals surface area contributed by atoms with E-state index in [1.807, 2.05) is 19.9 Å². The molecule has 0 aliphatic heterocycles. The van der Waals surface area contributed by atoms with Crippen molar-refractivity contribution in [3.8, 4) is 28.7 Å². The van der Waals surface area contributed by atoms with Crippen molar-refractivity contribution in [2.24, 2.45) is 0 Å². The lowest BCUT2D eigenvalue weighted by atomic mass is 10.1. The molecule has 132 valence electrons. The molecule has 1 aromatic carbocycles. The smallest absolute Gasteiger partial charge is 0.259 e. The van der Waals surface area contributed by atoms with Crippen molar-refractivity contribution < 1.29 is 9.26 Å². The lowest BCUT2D eigenvalue weighted by Gasteiger charge is -2.09. The number of nitrogens with zero attached hydrogens (tertiary/aromatic N) is 4. The number of nitrogens with one attached hydrogen (secondary N) is 1. The number of rotatable bonds is 4. The van der Waals surface area contributed by atoms with Gasteiger partial charge in [-0.25, -0.2) is 4.98 Å². The summed E-state index contributed by atoms with van der Waals surface area (Å²) >= 11 is 12.5. The average molecular weight is 390 g/mol. The van der Waals surface area contributed by atoms with Gasteiger partial charge in [0.2, 0.25) is 11.7 Å². The van der Waals surface area contributed by atoms with E-state index < -0.39 is 0 Å². The van der Waals surface area contributed by atoms with Gasteiger partial charge >= 0.3 is 0 Å². The van der Waals surface area contributed by atoms with E-state index in [0.717, 1.165) is 10.9 Å². The van der Waals surface area contributed by atoms with E-state index in [-0.39, 0.29) is 12.0 Å². The van der Waals surface area contributed by atoms with Crippen LogP contribution < -0.4 is 4.74 Å². The molecule has 0 saturated carbocycles. The molecule has 0 aliphatic rings. The number of pyridine rings is 1. The Bertz CT molecular complexity index is 1090. The average Bonchev–Trinajstić information content (AvgIpc) is 3.24. The topological polar surface area (TPSA) is 89.7 Å². The van der Waals surface area contributed by atoms with Crippen molar-refractivity contribution in [1.29, 1.82) is 0 Å². The largest absolute Gasteiger partial charge is 0.474 e. The van der Waals surface area contributed by atoms with Gasteiger partial charge in [0.15, 0.2) is 0 Å². The van der Waals surface area contributed by atoms with Crippen molar-refractivity contribution in [2.75, 3.05) is 0 Å². The first-order chi connectivity index (χ1) is 12.5. The molecule has 3 heterocycles.